The average Bonchev–Trinajstić information content (AvgIpc) is 2.46. The molecule has 2 N–H and O–H groups in total. The second-order valence-corrected chi connectivity index (χ2v) is 6.91. The molecule has 0 aliphatic carbocycles. The summed E-state index contributed by atoms with van der Waals surface area (Å²) in [4.78, 5) is 15.0. The summed E-state index contributed by atoms with van der Waals surface area (Å²) in [6.07, 6.45) is 2.12. The molecule has 0 aliphatic rings. The minimum absolute atomic E-state index is 0.0162. The number of rotatable bonds is 5. The third-order valence-corrected chi connectivity index (χ3v) is 3.81. The number of halogens is 1. The summed E-state index contributed by atoms with van der Waals surface area (Å²) in [5.74, 6) is -1.07. The maximum absolute atomic E-state index is 11.2. The summed E-state index contributed by atoms with van der Waals surface area (Å²) in [6, 6.07) is 10.1. The quantitative estimate of drug-likeness (QED) is 0.852. The normalized spacial score (nSPS) is 11.3. The first-order valence-electron chi connectivity index (χ1n) is 7.49. The third kappa shape index (κ3) is 4.70. The topological polar surface area (TPSA) is 62.2 Å². The van der Waals surface area contributed by atoms with Crippen LogP contribution in [0.5, 0.6) is 0 Å². The molecular formula is C18H21ClN2O2. The number of hydrogen-bond donors (Lipinski definition) is 2. The molecule has 1 aromatic heterocycles. The molecule has 0 atom stereocenters. The van der Waals surface area contributed by atoms with Crippen molar-refractivity contribution in [3.63, 3.8) is 0 Å². The van der Waals surface area contributed by atoms with Crippen molar-refractivity contribution >= 4 is 23.3 Å². The molecule has 0 spiro atoms. The van der Waals surface area contributed by atoms with E-state index in [1.54, 1.807) is 6.07 Å². The van der Waals surface area contributed by atoms with Gasteiger partial charge in [0.15, 0.2) is 5.69 Å². The predicted molar refractivity (Wildman–Crippen MR) is 93.5 cm³/mol. The highest BCUT2D eigenvalue weighted by molar-refractivity contribution is 6.30. The van der Waals surface area contributed by atoms with Gasteiger partial charge in [-0.15, -0.1) is 0 Å². The molecule has 0 saturated carbocycles. The lowest BCUT2D eigenvalue weighted by molar-refractivity contribution is 0.0691. The summed E-state index contributed by atoms with van der Waals surface area (Å²) >= 11 is 5.88. The van der Waals surface area contributed by atoms with Crippen LogP contribution in [0.15, 0.2) is 36.5 Å². The molecule has 0 saturated heterocycles. The Morgan fingerprint density at radius 2 is 1.91 bits per heavy atom. The van der Waals surface area contributed by atoms with Crippen LogP contribution in [0.3, 0.4) is 0 Å². The van der Waals surface area contributed by atoms with Gasteiger partial charge in [-0.1, -0.05) is 56.6 Å². The molecule has 2 rings (SSSR count). The van der Waals surface area contributed by atoms with E-state index in [1.807, 2.05) is 0 Å². The smallest absolute Gasteiger partial charge is 0.356 e. The number of hydrogen-bond acceptors (Lipinski definition) is 3. The van der Waals surface area contributed by atoms with Crippen LogP contribution >= 0.6 is 11.6 Å². The van der Waals surface area contributed by atoms with E-state index in [0.29, 0.717) is 17.3 Å². The zero-order valence-corrected chi connectivity index (χ0v) is 14.3. The predicted octanol–water partition coefficient (Wildman–Crippen LogP) is 4.39. The van der Waals surface area contributed by atoms with Gasteiger partial charge in [0.05, 0.1) is 10.7 Å². The molecule has 2 aromatic rings. The van der Waals surface area contributed by atoms with Gasteiger partial charge in [0, 0.05) is 12.7 Å². The van der Waals surface area contributed by atoms with Crippen molar-refractivity contribution in [2.75, 3.05) is 11.9 Å². The number of nitrogens with one attached hydrogen (secondary N) is 1. The van der Waals surface area contributed by atoms with Crippen LogP contribution in [-0.2, 0) is 11.8 Å². The third-order valence-electron chi connectivity index (χ3n) is 3.61. The Kier molecular flexibility index (Phi) is 5.26. The molecular weight excluding hydrogens is 312 g/mol. The van der Waals surface area contributed by atoms with Crippen molar-refractivity contribution < 1.29 is 9.90 Å². The maximum atomic E-state index is 11.2. The highest BCUT2D eigenvalue weighted by Gasteiger charge is 2.13. The fourth-order valence-corrected chi connectivity index (χ4v) is 2.42. The Balaban J connectivity index is 2.00. The lowest BCUT2D eigenvalue weighted by Crippen LogP contribution is -2.12. The van der Waals surface area contributed by atoms with Gasteiger partial charge in [-0.05, 0) is 29.0 Å². The van der Waals surface area contributed by atoms with E-state index in [-0.39, 0.29) is 11.1 Å². The molecule has 1 heterocycles. The van der Waals surface area contributed by atoms with Gasteiger partial charge in [0.25, 0.3) is 0 Å². The van der Waals surface area contributed by atoms with E-state index in [4.69, 9.17) is 16.7 Å². The van der Waals surface area contributed by atoms with E-state index in [9.17, 15) is 4.79 Å². The Morgan fingerprint density at radius 3 is 2.48 bits per heavy atom. The summed E-state index contributed by atoms with van der Waals surface area (Å²) < 4.78 is 0. The number of aromatic nitrogens is 1. The Morgan fingerprint density at radius 1 is 1.26 bits per heavy atom. The minimum atomic E-state index is -1.07. The second-order valence-electron chi connectivity index (χ2n) is 6.48. The van der Waals surface area contributed by atoms with Gasteiger partial charge >= 0.3 is 5.97 Å². The summed E-state index contributed by atoms with van der Waals surface area (Å²) in [6.45, 7) is 7.16. The molecule has 4 nitrogen and oxygen atoms in total. The van der Waals surface area contributed by atoms with E-state index >= 15 is 0 Å². The Hall–Kier alpha value is -2.07. The van der Waals surface area contributed by atoms with Crippen LogP contribution in [0.2, 0.25) is 5.02 Å². The minimum Gasteiger partial charge on any atom is -0.476 e. The maximum Gasteiger partial charge on any atom is 0.356 e. The molecule has 0 amide bonds. The lowest BCUT2D eigenvalue weighted by Gasteiger charge is -2.19. The number of benzene rings is 1. The SMILES string of the molecule is CC(C)(C)c1ccc(CCNc2cc(Cl)cnc2C(=O)O)cc1. The van der Waals surface area contributed by atoms with Gasteiger partial charge in [-0.3, -0.25) is 0 Å². The molecule has 5 heteroatoms. The van der Waals surface area contributed by atoms with Gasteiger partial charge in [-0.2, -0.15) is 0 Å². The van der Waals surface area contributed by atoms with Crippen molar-refractivity contribution in [3.05, 3.63) is 58.4 Å². The van der Waals surface area contributed by atoms with E-state index in [0.717, 1.165) is 6.42 Å². The first kappa shape index (κ1) is 17.3. The van der Waals surface area contributed by atoms with E-state index in [1.165, 1.54) is 17.3 Å². The van der Waals surface area contributed by atoms with Crippen LogP contribution in [0.1, 0.15) is 42.4 Å². The van der Waals surface area contributed by atoms with Crippen LogP contribution in [0, 0.1) is 0 Å². The van der Waals surface area contributed by atoms with Crippen molar-refractivity contribution in [2.45, 2.75) is 32.6 Å². The summed E-state index contributed by atoms with van der Waals surface area (Å²) in [5, 5.41) is 12.6. The van der Waals surface area contributed by atoms with Crippen LogP contribution in [0.25, 0.3) is 0 Å². The molecule has 1 aromatic carbocycles. The van der Waals surface area contributed by atoms with E-state index in [2.05, 4.69) is 55.3 Å². The number of anilines is 1. The lowest BCUT2D eigenvalue weighted by atomic mass is 9.86. The molecule has 0 aliphatic heterocycles. The highest BCUT2D eigenvalue weighted by atomic mass is 35.5. The standard InChI is InChI=1S/C18H21ClN2O2/c1-18(2,3)13-6-4-12(5-7-13)8-9-20-15-10-14(19)11-21-16(15)17(22)23/h4-7,10-11,20H,8-9H2,1-3H3,(H,22,23). The van der Waals surface area contributed by atoms with Crippen LogP contribution < -0.4 is 5.32 Å². The van der Waals surface area contributed by atoms with Crippen molar-refractivity contribution in [3.8, 4) is 0 Å². The largest absolute Gasteiger partial charge is 0.476 e. The molecule has 23 heavy (non-hydrogen) atoms. The summed E-state index contributed by atoms with van der Waals surface area (Å²) in [7, 11) is 0. The number of carboxylic acids is 1. The number of pyridine rings is 1. The zero-order valence-electron chi connectivity index (χ0n) is 13.6. The number of carboxylic acid groups (broad SMARTS) is 1. The zero-order chi connectivity index (χ0) is 17.0. The fraction of sp³-hybridized carbons (Fsp3) is 0.333. The Labute approximate surface area is 141 Å². The number of nitrogens with zero attached hydrogens (tertiary/aromatic N) is 1. The van der Waals surface area contributed by atoms with Gasteiger partial charge in [0.2, 0.25) is 0 Å². The van der Waals surface area contributed by atoms with Crippen LogP contribution in [0.4, 0.5) is 5.69 Å². The van der Waals surface area contributed by atoms with Crippen molar-refractivity contribution in [1.82, 2.24) is 4.98 Å². The van der Waals surface area contributed by atoms with Gasteiger partial charge in [0.1, 0.15) is 0 Å². The molecule has 0 bridgehead atoms. The van der Waals surface area contributed by atoms with Crippen molar-refractivity contribution in [2.24, 2.45) is 0 Å². The first-order chi connectivity index (χ1) is 10.8. The second kappa shape index (κ2) is 7.01. The van der Waals surface area contributed by atoms with Gasteiger partial charge < -0.3 is 10.4 Å². The number of aromatic carboxylic acids is 1. The molecule has 0 fully saturated rings. The molecule has 0 unspecified atom stereocenters. The monoisotopic (exact) mass is 332 g/mol. The van der Waals surface area contributed by atoms with Gasteiger partial charge in [-0.25, -0.2) is 9.78 Å². The first-order valence-corrected chi connectivity index (χ1v) is 7.87. The Bertz CT molecular complexity index is 691. The highest BCUT2D eigenvalue weighted by Crippen LogP contribution is 2.22. The van der Waals surface area contributed by atoms with Crippen LogP contribution in [-0.4, -0.2) is 22.6 Å². The summed E-state index contributed by atoms with van der Waals surface area (Å²) in [5.41, 5.74) is 3.05. The number of carbonyl (C=O) groups is 1. The molecule has 122 valence electrons. The molecule has 0 radical (unpaired) electrons. The fourth-order valence-electron chi connectivity index (χ4n) is 2.26. The average molecular weight is 333 g/mol. The van der Waals surface area contributed by atoms with E-state index < -0.39 is 5.97 Å². The van der Waals surface area contributed by atoms with Crippen molar-refractivity contribution in [1.29, 1.82) is 0 Å².